The van der Waals surface area contributed by atoms with E-state index in [0.29, 0.717) is 5.69 Å². The third kappa shape index (κ3) is 1.87. The number of carbonyl (C=O) groups is 1. The lowest BCUT2D eigenvalue weighted by Crippen LogP contribution is -2.03. The molecule has 1 N–H and O–H groups in total. The number of fused-ring (bicyclic) bond motifs is 1. The molecule has 0 spiro atoms. The van der Waals surface area contributed by atoms with E-state index in [-0.39, 0.29) is 6.42 Å². The lowest BCUT2D eigenvalue weighted by atomic mass is 10.3. The molecule has 2 heterocycles. The third-order valence-corrected chi connectivity index (χ3v) is 2.60. The molecule has 0 saturated heterocycles. The van der Waals surface area contributed by atoms with Crippen LogP contribution in [0.25, 0.3) is 5.65 Å². The fraction of sp³-hybridized carbons (Fsp3) is 0.200. The Bertz CT molecular complexity index is 533. The number of aryl methyl sites for hydroxylation is 1. The zero-order valence-corrected chi connectivity index (χ0v) is 9.65. The second-order valence-corrected chi connectivity index (χ2v) is 4.27. The number of nitrogens with zero attached hydrogens (tertiary/aromatic N) is 2. The smallest absolute Gasteiger partial charge is 0.309 e. The van der Waals surface area contributed by atoms with Crippen LogP contribution in [-0.2, 0) is 11.2 Å². The second-order valence-electron chi connectivity index (χ2n) is 3.35. The summed E-state index contributed by atoms with van der Waals surface area (Å²) in [5, 5.41) is 8.73. The summed E-state index contributed by atoms with van der Waals surface area (Å²) >= 11 is 3.37. The number of aromatic nitrogens is 2. The van der Waals surface area contributed by atoms with Crippen molar-refractivity contribution in [3.8, 4) is 0 Å². The Balaban J connectivity index is 2.63. The van der Waals surface area contributed by atoms with Crippen LogP contribution in [0.1, 0.15) is 11.3 Å². The van der Waals surface area contributed by atoms with Crippen LogP contribution in [0.3, 0.4) is 0 Å². The van der Waals surface area contributed by atoms with Gasteiger partial charge in [0.25, 0.3) is 0 Å². The molecule has 2 rings (SSSR count). The van der Waals surface area contributed by atoms with E-state index in [1.165, 1.54) is 0 Å². The Morgan fingerprint density at radius 3 is 3.07 bits per heavy atom. The van der Waals surface area contributed by atoms with Gasteiger partial charge in [0, 0.05) is 16.9 Å². The summed E-state index contributed by atoms with van der Waals surface area (Å²) in [4.78, 5) is 14.8. The van der Waals surface area contributed by atoms with Gasteiger partial charge < -0.3 is 9.51 Å². The van der Waals surface area contributed by atoms with Gasteiger partial charge in [-0.15, -0.1) is 0 Å². The maximum atomic E-state index is 10.6. The summed E-state index contributed by atoms with van der Waals surface area (Å²) in [6, 6.07) is 1.95. The van der Waals surface area contributed by atoms with E-state index in [4.69, 9.17) is 5.11 Å². The maximum absolute atomic E-state index is 10.6. The molecule has 0 aromatic carbocycles. The predicted molar refractivity (Wildman–Crippen MR) is 59.0 cm³/mol. The zero-order valence-electron chi connectivity index (χ0n) is 8.07. The molecular weight excluding hydrogens is 260 g/mol. The Labute approximate surface area is 94.7 Å². The number of carboxylic acids is 1. The molecular formula is C10H9BrN2O2. The molecule has 0 amide bonds. The average Bonchev–Trinajstić information content (AvgIpc) is 2.48. The van der Waals surface area contributed by atoms with E-state index < -0.39 is 5.97 Å². The normalized spacial score (nSPS) is 10.8. The summed E-state index contributed by atoms with van der Waals surface area (Å²) in [5.41, 5.74) is 2.50. The minimum absolute atomic E-state index is 0.0168. The second kappa shape index (κ2) is 3.66. The molecule has 15 heavy (non-hydrogen) atoms. The van der Waals surface area contributed by atoms with Crippen LogP contribution in [-0.4, -0.2) is 20.5 Å². The van der Waals surface area contributed by atoms with Crippen molar-refractivity contribution in [1.82, 2.24) is 9.38 Å². The number of halogens is 1. The third-order valence-electron chi connectivity index (χ3n) is 2.17. The number of imidazole rings is 1. The van der Waals surface area contributed by atoms with Crippen molar-refractivity contribution < 1.29 is 9.90 Å². The SMILES string of the molecule is Cc1cc(Br)cn2c(CC(=O)O)cnc12. The number of aliphatic carboxylic acids is 1. The van der Waals surface area contributed by atoms with Crippen LogP contribution >= 0.6 is 15.9 Å². The van der Waals surface area contributed by atoms with Crippen LogP contribution < -0.4 is 0 Å². The van der Waals surface area contributed by atoms with Gasteiger partial charge in [-0.3, -0.25) is 4.79 Å². The summed E-state index contributed by atoms with van der Waals surface area (Å²) in [6.07, 6.45) is 3.41. The molecule has 0 unspecified atom stereocenters. The van der Waals surface area contributed by atoms with Gasteiger partial charge in [0.2, 0.25) is 0 Å². The molecule has 2 aromatic heterocycles. The summed E-state index contributed by atoms with van der Waals surface area (Å²) < 4.78 is 2.71. The molecule has 5 heteroatoms. The van der Waals surface area contributed by atoms with E-state index in [1.807, 2.05) is 19.2 Å². The molecule has 78 valence electrons. The van der Waals surface area contributed by atoms with Gasteiger partial charge in [0.05, 0.1) is 12.1 Å². The molecule has 0 aliphatic heterocycles. The Hall–Kier alpha value is -1.36. The molecule has 4 nitrogen and oxygen atoms in total. The number of pyridine rings is 1. The minimum Gasteiger partial charge on any atom is -0.481 e. The summed E-state index contributed by atoms with van der Waals surface area (Å²) in [6.45, 7) is 1.94. The van der Waals surface area contributed by atoms with Gasteiger partial charge >= 0.3 is 5.97 Å². The molecule has 0 fully saturated rings. The lowest BCUT2D eigenvalue weighted by molar-refractivity contribution is -0.136. The van der Waals surface area contributed by atoms with Crippen LogP contribution in [0.15, 0.2) is 22.9 Å². The van der Waals surface area contributed by atoms with Gasteiger partial charge in [-0.1, -0.05) is 0 Å². The number of hydrogen-bond donors (Lipinski definition) is 1. The fourth-order valence-electron chi connectivity index (χ4n) is 1.55. The van der Waals surface area contributed by atoms with Gasteiger partial charge in [-0.25, -0.2) is 4.98 Å². The molecule has 2 aromatic rings. The van der Waals surface area contributed by atoms with E-state index in [0.717, 1.165) is 15.7 Å². The highest BCUT2D eigenvalue weighted by molar-refractivity contribution is 9.10. The fourth-order valence-corrected chi connectivity index (χ4v) is 2.10. The number of hydrogen-bond acceptors (Lipinski definition) is 2. The Morgan fingerprint density at radius 1 is 1.67 bits per heavy atom. The van der Waals surface area contributed by atoms with E-state index in [9.17, 15) is 4.79 Å². The van der Waals surface area contributed by atoms with Gasteiger partial charge in [-0.2, -0.15) is 0 Å². The van der Waals surface area contributed by atoms with Crippen molar-refractivity contribution in [3.05, 3.63) is 34.2 Å². The molecule has 0 atom stereocenters. The largest absolute Gasteiger partial charge is 0.481 e. The van der Waals surface area contributed by atoms with Gasteiger partial charge in [0.1, 0.15) is 5.65 Å². The molecule has 0 radical (unpaired) electrons. The van der Waals surface area contributed by atoms with Crippen LogP contribution in [0, 0.1) is 6.92 Å². The first-order chi connectivity index (χ1) is 7.08. The van der Waals surface area contributed by atoms with Crippen LogP contribution in [0.4, 0.5) is 0 Å². The number of carboxylic acid groups (broad SMARTS) is 1. The Kier molecular flexibility index (Phi) is 2.48. The van der Waals surface area contributed by atoms with E-state index in [2.05, 4.69) is 20.9 Å². The minimum atomic E-state index is -0.852. The topological polar surface area (TPSA) is 54.6 Å². The molecule has 0 saturated carbocycles. The zero-order chi connectivity index (χ0) is 11.0. The monoisotopic (exact) mass is 268 g/mol. The molecule has 0 bridgehead atoms. The van der Waals surface area contributed by atoms with E-state index in [1.54, 1.807) is 10.6 Å². The van der Waals surface area contributed by atoms with E-state index >= 15 is 0 Å². The summed E-state index contributed by atoms with van der Waals surface area (Å²) in [5.74, 6) is -0.852. The van der Waals surface area contributed by atoms with Crippen molar-refractivity contribution in [2.75, 3.05) is 0 Å². The Morgan fingerprint density at radius 2 is 2.40 bits per heavy atom. The highest BCUT2D eigenvalue weighted by Crippen LogP contribution is 2.18. The van der Waals surface area contributed by atoms with Gasteiger partial charge in [-0.05, 0) is 34.5 Å². The molecule has 0 aliphatic rings. The van der Waals surface area contributed by atoms with Gasteiger partial charge in [0.15, 0.2) is 0 Å². The highest BCUT2D eigenvalue weighted by Gasteiger charge is 2.09. The van der Waals surface area contributed by atoms with Crippen LogP contribution in [0.2, 0.25) is 0 Å². The predicted octanol–water partition coefficient (Wildman–Crippen LogP) is 2.03. The maximum Gasteiger partial charge on any atom is 0.309 e. The van der Waals surface area contributed by atoms with Crippen LogP contribution in [0.5, 0.6) is 0 Å². The first-order valence-corrected chi connectivity index (χ1v) is 5.21. The highest BCUT2D eigenvalue weighted by atomic mass is 79.9. The lowest BCUT2D eigenvalue weighted by Gasteiger charge is -2.02. The summed E-state index contributed by atoms with van der Waals surface area (Å²) in [7, 11) is 0. The number of rotatable bonds is 2. The van der Waals surface area contributed by atoms with Crippen molar-refractivity contribution in [2.24, 2.45) is 0 Å². The first kappa shape index (κ1) is 10.2. The van der Waals surface area contributed by atoms with Crippen molar-refractivity contribution in [1.29, 1.82) is 0 Å². The quantitative estimate of drug-likeness (QED) is 0.907. The van der Waals surface area contributed by atoms with Crippen molar-refractivity contribution >= 4 is 27.5 Å². The average molecular weight is 269 g/mol. The standard InChI is InChI=1S/C10H9BrN2O2/c1-6-2-7(11)5-13-8(3-9(14)15)4-12-10(6)13/h2,4-5H,3H2,1H3,(H,14,15). The van der Waals surface area contributed by atoms with Crippen molar-refractivity contribution in [2.45, 2.75) is 13.3 Å². The first-order valence-electron chi connectivity index (χ1n) is 4.42. The molecule has 0 aliphatic carbocycles. The van der Waals surface area contributed by atoms with Crippen molar-refractivity contribution in [3.63, 3.8) is 0 Å².